The molecule has 2 aliphatic heterocycles. The summed E-state index contributed by atoms with van der Waals surface area (Å²) in [6.45, 7) is 5.20. The van der Waals surface area contributed by atoms with Crippen LogP contribution in [0.3, 0.4) is 0 Å². The number of nitrogens with zero attached hydrogens (tertiary/aromatic N) is 1. The third-order valence-electron chi connectivity index (χ3n) is 5.18. The van der Waals surface area contributed by atoms with Crippen LogP contribution in [0.2, 0.25) is 0 Å². The lowest BCUT2D eigenvalue weighted by atomic mass is 9.94. The number of hydrogen-bond acceptors (Lipinski definition) is 3. The van der Waals surface area contributed by atoms with Gasteiger partial charge in [0, 0.05) is 18.3 Å². The molecule has 2 amide bonds. The molecular formula is C19H29N3OS. The van der Waals surface area contributed by atoms with Crippen LogP contribution in [0.25, 0.3) is 0 Å². The molecule has 0 aromatic heterocycles. The molecule has 2 aliphatic rings. The van der Waals surface area contributed by atoms with Gasteiger partial charge in [0.05, 0.1) is 0 Å². The van der Waals surface area contributed by atoms with Gasteiger partial charge in [-0.05, 0) is 80.8 Å². The Hall–Kier alpha value is -1.20. The number of urea groups is 1. The van der Waals surface area contributed by atoms with E-state index in [1.54, 1.807) is 0 Å². The van der Waals surface area contributed by atoms with E-state index in [4.69, 9.17) is 0 Å². The predicted octanol–water partition coefficient (Wildman–Crippen LogP) is 3.72. The van der Waals surface area contributed by atoms with Crippen molar-refractivity contribution in [3.8, 4) is 0 Å². The molecule has 0 radical (unpaired) electrons. The van der Waals surface area contributed by atoms with E-state index >= 15 is 0 Å². The molecule has 24 heavy (non-hydrogen) atoms. The van der Waals surface area contributed by atoms with Gasteiger partial charge < -0.3 is 15.5 Å². The summed E-state index contributed by atoms with van der Waals surface area (Å²) in [5.41, 5.74) is 2.01. The molecule has 1 aromatic carbocycles. The highest BCUT2D eigenvalue weighted by Gasteiger charge is 2.26. The van der Waals surface area contributed by atoms with Crippen LogP contribution in [0, 0.1) is 12.8 Å². The standard InChI is InChI=1S/C19H29N3OS/c1-15-3-2-4-17(13-15)21-19(23)20-14-16-5-9-22(10-6-16)18-7-11-24-12-8-18/h2-4,13,16,18H,5-12,14H2,1H3,(H2,20,21,23). The first-order valence-corrected chi connectivity index (χ1v) is 10.3. The minimum atomic E-state index is -0.0904. The average Bonchev–Trinajstić information content (AvgIpc) is 2.61. The van der Waals surface area contributed by atoms with Gasteiger partial charge in [0.15, 0.2) is 0 Å². The van der Waals surface area contributed by atoms with E-state index in [9.17, 15) is 4.79 Å². The summed E-state index contributed by atoms with van der Waals surface area (Å²) in [5.74, 6) is 3.26. The van der Waals surface area contributed by atoms with Crippen molar-refractivity contribution in [2.45, 2.75) is 38.6 Å². The zero-order chi connectivity index (χ0) is 16.8. The fraction of sp³-hybridized carbons (Fsp3) is 0.632. The second-order valence-electron chi connectivity index (χ2n) is 7.03. The van der Waals surface area contributed by atoms with Crippen molar-refractivity contribution in [2.75, 3.05) is 36.5 Å². The largest absolute Gasteiger partial charge is 0.338 e. The quantitative estimate of drug-likeness (QED) is 0.872. The maximum atomic E-state index is 12.0. The van der Waals surface area contributed by atoms with E-state index in [2.05, 4.69) is 27.3 Å². The predicted molar refractivity (Wildman–Crippen MR) is 103 cm³/mol. The molecule has 0 bridgehead atoms. The third-order valence-corrected chi connectivity index (χ3v) is 6.23. The van der Waals surface area contributed by atoms with Gasteiger partial charge in [-0.2, -0.15) is 11.8 Å². The number of carbonyl (C=O) groups excluding carboxylic acids is 1. The molecular weight excluding hydrogens is 318 g/mol. The molecule has 2 saturated heterocycles. The fourth-order valence-electron chi connectivity index (χ4n) is 3.71. The van der Waals surface area contributed by atoms with Crippen LogP contribution in [0.5, 0.6) is 0 Å². The van der Waals surface area contributed by atoms with Crippen molar-refractivity contribution in [1.82, 2.24) is 10.2 Å². The highest BCUT2D eigenvalue weighted by molar-refractivity contribution is 7.99. The first-order chi connectivity index (χ1) is 11.7. The van der Waals surface area contributed by atoms with Crippen molar-refractivity contribution in [3.63, 3.8) is 0 Å². The highest BCUT2D eigenvalue weighted by Crippen LogP contribution is 2.26. The number of thioether (sulfide) groups is 1. The van der Waals surface area contributed by atoms with Crippen LogP contribution in [0.15, 0.2) is 24.3 Å². The van der Waals surface area contributed by atoms with Crippen molar-refractivity contribution < 1.29 is 4.79 Å². The van der Waals surface area contributed by atoms with Gasteiger partial charge in [-0.3, -0.25) is 0 Å². The molecule has 0 atom stereocenters. The number of carbonyl (C=O) groups is 1. The van der Waals surface area contributed by atoms with Gasteiger partial charge >= 0.3 is 6.03 Å². The van der Waals surface area contributed by atoms with E-state index in [1.807, 2.05) is 31.2 Å². The van der Waals surface area contributed by atoms with E-state index in [1.165, 1.54) is 50.3 Å². The second-order valence-corrected chi connectivity index (χ2v) is 8.25. The third kappa shape index (κ3) is 5.15. The van der Waals surface area contributed by atoms with Crippen LogP contribution >= 0.6 is 11.8 Å². The number of rotatable bonds is 4. The zero-order valence-electron chi connectivity index (χ0n) is 14.6. The minimum Gasteiger partial charge on any atom is -0.338 e. The molecule has 0 saturated carbocycles. The maximum Gasteiger partial charge on any atom is 0.319 e. The first kappa shape index (κ1) is 17.6. The van der Waals surface area contributed by atoms with Crippen molar-refractivity contribution in [2.24, 2.45) is 5.92 Å². The smallest absolute Gasteiger partial charge is 0.319 e. The molecule has 4 nitrogen and oxygen atoms in total. The van der Waals surface area contributed by atoms with Crippen LogP contribution in [0.1, 0.15) is 31.2 Å². The molecule has 5 heteroatoms. The van der Waals surface area contributed by atoms with Gasteiger partial charge in [-0.15, -0.1) is 0 Å². The highest BCUT2D eigenvalue weighted by atomic mass is 32.2. The monoisotopic (exact) mass is 347 g/mol. The molecule has 0 spiro atoms. The number of benzene rings is 1. The molecule has 2 N–H and O–H groups in total. The molecule has 1 aromatic rings. The fourth-order valence-corrected chi connectivity index (χ4v) is 4.79. The number of likely N-dealkylation sites (tertiary alicyclic amines) is 1. The molecule has 0 unspecified atom stereocenters. The topological polar surface area (TPSA) is 44.4 Å². The maximum absolute atomic E-state index is 12.0. The first-order valence-electron chi connectivity index (χ1n) is 9.14. The summed E-state index contributed by atoms with van der Waals surface area (Å²) in [6.07, 6.45) is 5.11. The van der Waals surface area contributed by atoms with Crippen LogP contribution in [-0.4, -0.2) is 48.1 Å². The lowest BCUT2D eigenvalue weighted by Gasteiger charge is -2.39. The van der Waals surface area contributed by atoms with Crippen LogP contribution in [0.4, 0.5) is 10.5 Å². The Balaban J connectivity index is 1.36. The summed E-state index contributed by atoms with van der Waals surface area (Å²) < 4.78 is 0. The van der Waals surface area contributed by atoms with Gasteiger partial charge in [0.2, 0.25) is 0 Å². The summed E-state index contributed by atoms with van der Waals surface area (Å²) in [5, 5.41) is 5.96. The Bertz CT molecular complexity index is 537. The Morgan fingerprint density at radius 1 is 1.21 bits per heavy atom. The van der Waals surface area contributed by atoms with Gasteiger partial charge in [-0.1, -0.05) is 12.1 Å². The van der Waals surface area contributed by atoms with Crippen LogP contribution in [-0.2, 0) is 0 Å². The van der Waals surface area contributed by atoms with Gasteiger partial charge in [0.1, 0.15) is 0 Å². The van der Waals surface area contributed by atoms with Crippen LogP contribution < -0.4 is 10.6 Å². The Kier molecular flexibility index (Phi) is 6.44. The molecule has 3 rings (SSSR count). The number of anilines is 1. The average molecular weight is 348 g/mol. The number of amides is 2. The van der Waals surface area contributed by atoms with E-state index in [-0.39, 0.29) is 6.03 Å². The second kappa shape index (κ2) is 8.77. The number of nitrogens with one attached hydrogen (secondary N) is 2. The summed E-state index contributed by atoms with van der Waals surface area (Å²) in [4.78, 5) is 14.7. The van der Waals surface area contributed by atoms with Gasteiger partial charge in [-0.25, -0.2) is 4.79 Å². The van der Waals surface area contributed by atoms with Crippen molar-refractivity contribution >= 4 is 23.5 Å². The number of piperidine rings is 1. The molecule has 132 valence electrons. The Labute approximate surface area is 149 Å². The van der Waals surface area contributed by atoms with E-state index in [0.717, 1.165) is 23.8 Å². The number of hydrogen-bond donors (Lipinski definition) is 2. The lowest BCUT2D eigenvalue weighted by molar-refractivity contribution is 0.125. The Morgan fingerprint density at radius 3 is 2.67 bits per heavy atom. The summed E-state index contributed by atoms with van der Waals surface area (Å²) in [7, 11) is 0. The summed E-state index contributed by atoms with van der Waals surface area (Å²) in [6, 6.07) is 8.62. The van der Waals surface area contributed by atoms with Crippen molar-refractivity contribution in [1.29, 1.82) is 0 Å². The molecule has 2 heterocycles. The lowest BCUT2D eigenvalue weighted by Crippen LogP contribution is -2.45. The normalized spacial score (nSPS) is 20.7. The van der Waals surface area contributed by atoms with E-state index in [0.29, 0.717) is 5.92 Å². The summed E-state index contributed by atoms with van der Waals surface area (Å²) >= 11 is 2.09. The molecule has 0 aliphatic carbocycles. The van der Waals surface area contributed by atoms with Gasteiger partial charge in [0.25, 0.3) is 0 Å². The van der Waals surface area contributed by atoms with E-state index < -0.39 is 0 Å². The van der Waals surface area contributed by atoms with Crippen molar-refractivity contribution in [3.05, 3.63) is 29.8 Å². The Morgan fingerprint density at radius 2 is 1.96 bits per heavy atom. The number of aryl methyl sites for hydroxylation is 1. The minimum absolute atomic E-state index is 0.0904. The zero-order valence-corrected chi connectivity index (χ0v) is 15.4. The SMILES string of the molecule is Cc1cccc(NC(=O)NCC2CCN(C3CCSCC3)CC2)c1. The molecule has 2 fully saturated rings.